The first-order valence-corrected chi connectivity index (χ1v) is 11.6. The Kier molecular flexibility index (Phi) is 7.08. The Labute approximate surface area is 167 Å². The van der Waals surface area contributed by atoms with E-state index in [2.05, 4.69) is 10.8 Å². The zero-order chi connectivity index (χ0) is 20.0. The topological polar surface area (TPSA) is 83.5 Å². The van der Waals surface area contributed by atoms with Crippen LogP contribution in [0.3, 0.4) is 0 Å². The number of carboxylic acid groups (broad SMARTS) is 1. The third-order valence-corrected chi connectivity index (χ3v) is 7.06. The molecule has 2 aliphatic carbocycles. The number of benzene rings is 1. The van der Waals surface area contributed by atoms with Gasteiger partial charge in [0.1, 0.15) is 0 Å². The number of nitrogens with one attached hydrogen (secondary N) is 1. The highest BCUT2D eigenvalue weighted by molar-refractivity contribution is 7.92. The number of sulfonamides is 1. The van der Waals surface area contributed by atoms with Crippen molar-refractivity contribution in [2.45, 2.75) is 51.0 Å². The summed E-state index contributed by atoms with van der Waals surface area (Å²) in [6.45, 7) is 0. The van der Waals surface area contributed by atoms with Crippen LogP contribution in [0.4, 0.5) is 0 Å². The number of carboxylic acids is 1. The van der Waals surface area contributed by atoms with Crippen LogP contribution < -0.4 is 4.72 Å². The summed E-state index contributed by atoms with van der Waals surface area (Å²) in [6, 6.07) is 9.42. The number of rotatable bonds is 10. The zero-order valence-corrected chi connectivity index (χ0v) is 16.9. The fraction of sp³-hybridized carbons (Fsp3) is 0.500. The molecule has 2 N–H and O–H groups in total. The Morgan fingerprint density at radius 1 is 1.14 bits per heavy atom. The number of fused-ring (bicyclic) bond motifs is 2. The van der Waals surface area contributed by atoms with Crippen LogP contribution in [-0.4, -0.2) is 25.5 Å². The van der Waals surface area contributed by atoms with Crippen LogP contribution in [0.5, 0.6) is 0 Å². The van der Waals surface area contributed by atoms with Crippen molar-refractivity contribution in [3.63, 3.8) is 0 Å². The number of unbranched alkanes of at least 4 members (excludes halogenated alkanes) is 1. The van der Waals surface area contributed by atoms with Gasteiger partial charge in [-0.3, -0.25) is 4.79 Å². The number of allylic oxidation sites excluding steroid dienone is 2. The fourth-order valence-corrected chi connectivity index (χ4v) is 5.80. The van der Waals surface area contributed by atoms with Crippen molar-refractivity contribution in [1.82, 2.24) is 4.72 Å². The van der Waals surface area contributed by atoms with Crippen LogP contribution in [0.15, 0.2) is 47.9 Å². The van der Waals surface area contributed by atoms with Gasteiger partial charge in [-0.05, 0) is 67.9 Å². The first-order chi connectivity index (χ1) is 13.4. The lowest BCUT2D eigenvalue weighted by atomic mass is 9.83. The maximum absolute atomic E-state index is 12.6. The minimum atomic E-state index is -3.49. The second-order valence-electron chi connectivity index (χ2n) is 7.89. The number of aliphatic carboxylic acids is 1. The first kappa shape index (κ1) is 20.8. The number of hydrogen-bond acceptors (Lipinski definition) is 3. The van der Waals surface area contributed by atoms with Crippen molar-refractivity contribution in [3.8, 4) is 0 Å². The van der Waals surface area contributed by atoms with Gasteiger partial charge in [0.25, 0.3) is 0 Å². The van der Waals surface area contributed by atoms with Gasteiger partial charge in [0.15, 0.2) is 0 Å². The van der Waals surface area contributed by atoms with E-state index >= 15 is 0 Å². The summed E-state index contributed by atoms with van der Waals surface area (Å²) in [7, 11) is -3.49. The zero-order valence-electron chi connectivity index (χ0n) is 16.0. The summed E-state index contributed by atoms with van der Waals surface area (Å²) < 4.78 is 28.1. The molecule has 0 aromatic heterocycles. The van der Waals surface area contributed by atoms with Crippen molar-refractivity contribution in [2.24, 2.45) is 17.8 Å². The molecule has 1 aromatic rings. The van der Waals surface area contributed by atoms with Crippen LogP contribution in [0.25, 0.3) is 6.08 Å². The van der Waals surface area contributed by atoms with Crippen LogP contribution in [0.1, 0.15) is 50.5 Å². The molecule has 1 unspecified atom stereocenters. The monoisotopic (exact) mass is 403 g/mol. The van der Waals surface area contributed by atoms with Crippen molar-refractivity contribution in [2.75, 3.05) is 0 Å². The van der Waals surface area contributed by atoms with Gasteiger partial charge in [0.2, 0.25) is 10.0 Å². The number of hydrogen-bond donors (Lipinski definition) is 2. The molecule has 2 bridgehead atoms. The highest BCUT2D eigenvalue weighted by Crippen LogP contribution is 2.50. The molecule has 3 rings (SSSR count). The van der Waals surface area contributed by atoms with Crippen LogP contribution in [0, 0.1) is 17.8 Å². The summed E-state index contributed by atoms with van der Waals surface area (Å²) in [5.74, 6) is 0.573. The minimum absolute atomic E-state index is 0.00663. The van der Waals surface area contributed by atoms with Gasteiger partial charge in [-0.1, -0.05) is 42.5 Å². The summed E-state index contributed by atoms with van der Waals surface area (Å²) in [5.41, 5.74) is 0.863. The van der Waals surface area contributed by atoms with Gasteiger partial charge >= 0.3 is 5.97 Å². The predicted octanol–water partition coefficient (Wildman–Crippen LogP) is 4.19. The smallest absolute Gasteiger partial charge is 0.303 e. The molecule has 6 heteroatoms. The molecule has 2 saturated carbocycles. The molecule has 2 aliphatic rings. The average Bonchev–Trinajstić information content (AvgIpc) is 3.26. The maximum atomic E-state index is 12.6. The Morgan fingerprint density at radius 2 is 1.89 bits per heavy atom. The normalized spacial score (nSPS) is 27.1. The molecule has 5 nitrogen and oxygen atoms in total. The molecule has 1 aromatic carbocycles. The van der Waals surface area contributed by atoms with E-state index in [1.165, 1.54) is 11.8 Å². The summed E-state index contributed by atoms with van der Waals surface area (Å²) in [5, 5.41) is 9.95. The second-order valence-corrected chi connectivity index (χ2v) is 9.49. The third kappa shape index (κ3) is 5.79. The minimum Gasteiger partial charge on any atom is -0.481 e. The highest BCUT2D eigenvalue weighted by Gasteiger charge is 2.47. The van der Waals surface area contributed by atoms with Crippen molar-refractivity contribution in [3.05, 3.63) is 53.5 Å². The molecule has 0 aliphatic heterocycles. The van der Waals surface area contributed by atoms with E-state index < -0.39 is 16.0 Å². The van der Waals surface area contributed by atoms with E-state index in [0.29, 0.717) is 24.2 Å². The first-order valence-electron chi connectivity index (χ1n) is 10.1. The molecule has 28 heavy (non-hydrogen) atoms. The van der Waals surface area contributed by atoms with E-state index in [-0.39, 0.29) is 12.5 Å². The van der Waals surface area contributed by atoms with Gasteiger partial charge in [0, 0.05) is 17.9 Å². The molecule has 2 fully saturated rings. The predicted molar refractivity (Wildman–Crippen MR) is 111 cm³/mol. The Morgan fingerprint density at radius 3 is 2.64 bits per heavy atom. The van der Waals surface area contributed by atoms with Gasteiger partial charge in [-0.2, -0.15) is 0 Å². The van der Waals surface area contributed by atoms with E-state index in [9.17, 15) is 13.2 Å². The summed E-state index contributed by atoms with van der Waals surface area (Å²) in [6.07, 6.45) is 11.6. The SMILES string of the molecule is O=C(O)CCCC=CC[C@@H]1C(NS(=O)(=O)C=Cc2ccccc2)[C@H]2CC[C@@H]1C2. The lowest BCUT2D eigenvalue weighted by Crippen LogP contribution is -2.43. The van der Waals surface area contributed by atoms with Crippen LogP contribution in [0.2, 0.25) is 0 Å². The standard InChI is InChI=1S/C22H29NO4S/c24-21(25)11-7-2-1-6-10-20-18-12-13-19(16-18)22(20)23-28(26,27)15-14-17-8-4-3-5-9-17/h1,3-6,8-9,14-15,18-20,22-23H,2,7,10-13,16H2,(H,24,25)/t18-,19+,20+,22?/m1/s1. The lowest BCUT2D eigenvalue weighted by molar-refractivity contribution is -0.137. The quantitative estimate of drug-likeness (QED) is 0.453. The molecular formula is C22H29NO4S. The van der Waals surface area contributed by atoms with Gasteiger partial charge in [-0.15, -0.1) is 0 Å². The van der Waals surface area contributed by atoms with E-state index in [1.54, 1.807) is 6.08 Å². The lowest BCUT2D eigenvalue weighted by Gasteiger charge is -2.30. The highest BCUT2D eigenvalue weighted by atomic mass is 32.2. The molecule has 0 amide bonds. The Hall–Kier alpha value is -1.92. The Balaban J connectivity index is 1.57. The van der Waals surface area contributed by atoms with Gasteiger partial charge < -0.3 is 5.11 Å². The second kappa shape index (κ2) is 9.52. The molecular weight excluding hydrogens is 374 g/mol. The van der Waals surface area contributed by atoms with Crippen LogP contribution in [-0.2, 0) is 14.8 Å². The molecule has 0 radical (unpaired) electrons. The van der Waals surface area contributed by atoms with Crippen molar-refractivity contribution >= 4 is 22.1 Å². The third-order valence-electron chi connectivity index (χ3n) is 5.96. The van der Waals surface area contributed by atoms with Gasteiger partial charge in [-0.25, -0.2) is 13.1 Å². The molecule has 4 atom stereocenters. The maximum Gasteiger partial charge on any atom is 0.303 e. The summed E-state index contributed by atoms with van der Waals surface area (Å²) in [4.78, 5) is 10.6. The van der Waals surface area contributed by atoms with Gasteiger partial charge in [0.05, 0.1) is 0 Å². The van der Waals surface area contributed by atoms with Crippen molar-refractivity contribution < 1.29 is 18.3 Å². The average molecular weight is 404 g/mol. The molecule has 152 valence electrons. The largest absolute Gasteiger partial charge is 0.481 e. The van der Waals surface area contributed by atoms with Crippen molar-refractivity contribution in [1.29, 1.82) is 0 Å². The number of carbonyl (C=O) groups is 1. The molecule has 0 saturated heterocycles. The van der Waals surface area contributed by atoms with E-state index in [1.807, 2.05) is 36.4 Å². The van der Waals surface area contributed by atoms with E-state index in [0.717, 1.165) is 31.2 Å². The Bertz CT molecular complexity index is 816. The molecule has 0 spiro atoms. The van der Waals surface area contributed by atoms with E-state index in [4.69, 9.17) is 5.11 Å². The fourth-order valence-electron chi connectivity index (χ4n) is 4.64. The van der Waals surface area contributed by atoms with Crippen LogP contribution >= 0.6 is 0 Å². The molecule has 0 heterocycles. The summed E-state index contributed by atoms with van der Waals surface area (Å²) >= 11 is 0.